The summed E-state index contributed by atoms with van der Waals surface area (Å²) in [7, 11) is 0. The molecule has 1 aromatic carbocycles. The van der Waals surface area contributed by atoms with Crippen molar-refractivity contribution in [1.82, 2.24) is 9.55 Å². The van der Waals surface area contributed by atoms with Crippen LogP contribution in [0.4, 0.5) is 0 Å². The van der Waals surface area contributed by atoms with E-state index in [9.17, 15) is 0 Å². The molecule has 0 radical (unpaired) electrons. The smallest absolute Gasteiger partial charge is 0.170 e. The fourth-order valence-corrected chi connectivity index (χ4v) is 2.25. The molecule has 0 fully saturated rings. The second-order valence-corrected chi connectivity index (χ2v) is 4.92. The summed E-state index contributed by atoms with van der Waals surface area (Å²) in [6, 6.07) is 5.36. The van der Waals surface area contributed by atoms with Gasteiger partial charge in [-0.2, -0.15) is 0 Å². The third-order valence-electron chi connectivity index (χ3n) is 3.07. The molecule has 0 amide bonds. The minimum Gasteiger partial charge on any atom is -0.409 e. The van der Waals surface area contributed by atoms with Gasteiger partial charge >= 0.3 is 0 Å². The lowest BCUT2D eigenvalue weighted by atomic mass is 10.1. The molecule has 20 heavy (non-hydrogen) atoms. The topological polar surface area (TPSA) is 76.4 Å². The zero-order valence-corrected chi connectivity index (χ0v) is 12.0. The zero-order chi connectivity index (χ0) is 14.5. The van der Waals surface area contributed by atoms with Crippen molar-refractivity contribution >= 4 is 17.4 Å². The number of aryl methyl sites for hydroxylation is 1. The predicted molar refractivity (Wildman–Crippen MR) is 79.3 cm³/mol. The van der Waals surface area contributed by atoms with Gasteiger partial charge in [0.1, 0.15) is 5.82 Å². The van der Waals surface area contributed by atoms with Crippen molar-refractivity contribution in [1.29, 1.82) is 0 Å². The number of aromatic nitrogens is 2. The Kier molecular flexibility index (Phi) is 4.63. The average Bonchev–Trinajstić information content (AvgIpc) is 2.88. The van der Waals surface area contributed by atoms with Gasteiger partial charge in [0.05, 0.1) is 6.54 Å². The number of benzene rings is 1. The van der Waals surface area contributed by atoms with Gasteiger partial charge in [0.2, 0.25) is 0 Å². The first-order chi connectivity index (χ1) is 9.65. The van der Waals surface area contributed by atoms with Crippen molar-refractivity contribution in [2.75, 3.05) is 0 Å². The molecule has 106 valence electrons. The number of oxime groups is 1. The third-order valence-corrected chi connectivity index (χ3v) is 3.42. The molecule has 6 heteroatoms. The normalized spacial score (nSPS) is 11.8. The van der Waals surface area contributed by atoms with E-state index in [0.717, 1.165) is 24.2 Å². The molecule has 0 atom stereocenters. The first kappa shape index (κ1) is 14.4. The monoisotopic (exact) mass is 292 g/mol. The van der Waals surface area contributed by atoms with E-state index in [0.29, 0.717) is 17.1 Å². The largest absolute Gasteiger partial charge is 0.409 e. The summed E-state index contributed by atoms with van der Waals surface area (Å²) in [5.41, 5.74) is 7.11. The quantitative estimate of drug-likeness (QED) is 0.385. The van der Waals surface area contributed by atoms with E-state index in [1.165, 1.54) is 0 Å². The molecule has 0 aliphatic heterocycles. The van der Waals surface area contributed by atoms with Gasteiger partial charge in [-0.1, -0.05) is 35.8 Å². The van der Waals surface area contributed by atoms with Gasteiger partial charge in [0, 0.05) is 29.4 Å². The molecule has 0 aliphatic rings. The average molecular weight is 293 g/mol. The van der Waals surface area contributed by atoms with Crippen LogP contribution < -0.4 is 5.73 Å². The van der Waals surface area contributed by atoms with Gasteiger partial charge in [-0.05, 0) is 18.1 Å². The Labute approximate surface area is 122 Å². The molecule has 0 saturated carbocycles. The first-order valence-corrected chi connectivity index (χ1v) is 6.79. The summed E-state index contributed by atoms with van der Waals surface area (Å²) in [5.74, 6) is 1.09. The molecule has 0 spiro atoms. The van der Waals surface area contributed by atoms with Crippen molar-refractivity contribution in [2.45, 2.75) is 26.3 Å². The SMILES string of the molecule is CCCc1nccn1Cc1ccc(/C(N)=N/O)cc1Cl. The first-order valence-electron chi connectivity index (χ1n) is 6.42. The summed E-state index contributed by atoms with van der Waals surface area (Å²) in [6.45, 7) is 2.78. The summed E-state index contributed by atoms with van der Waals surface area (Å²) < 4.78 is 2.08. The Balaban J connectivity index is 2.24. The highest BCUT2D eigenvalue weighted by atomic mass is 35.5. The van der Waals surface area contributed by atoms with Crippen LogP contribution in [0.15, 0.2) is 35.7 Å². The van der Waals surface area contributed by atoms with Crippen LogP contribution in [0.25, 0.3) is 0 Å². The van der Waals surface area contributed by atoms with Gasteiger partial charge < -0.3 is 15.5 Å². The number of halogens is 1. The summed E-state index contributed by atoms with van der Waals surface area (Å²) in [5, 5.41) is 12.2. The molecular weight excluding hydrogens is 276 g/mol. The minimum absolute atomic E-state index is 0.0488. The van der Waals surface area contributed by atoms with Gasteiger partial charge in [-0.25, -0.2) is 4.98 Å². The fourth-order valence-electron chi connectivity index (χ4n) is 2.01. The summed E-state index contributed by atoms with van der Waals surface area (Å²) in [6.07, 6.45) is 5.72. The molecule has 0 bridgehead atoms. The number of hydrogen-bond acceptors (Lipinski definition) is 3. The molecule has 0 saturated heterocycles. The lowest BCUT2D eigenvalue weighted by Gasteiger charge is -2.10. The Hall–Kier alpha value is -2.01. The predicted octanol–water partition coefficient (Wildman–Crippen LogP) is 2.63. The molecular formula is C14H17ClN4O. The van der Waals surface area contributed by atoms with Gasteiger partial charge in [-0.3, -0.25) is 0 Å². The highest BCUT2D eigenvalue weighted by Crippen LogP contribution is 2.20. The standard InChI is InChI=1S/C14H17ClN4O/c1-2-3-13-17-6-7-19(13)9-11-5-4-10(8-12(11)15)14(16)18-20/h4-8,20H,2-3,9H2,1H3,(H2,16,18). The van der Waals surface area contributed by atoms with E-state index in [1.54, 1.807) is 18.3 Å². The van der Waals surface area contributed by atoms with E-state index < -0.39 is 0 Å². The van der Waals surface area contributed by atoms with Crippen molar-refractivity contribution in [3.63, 3.8) is 0 Å². The Morgan fingerprint density at radius 2 is 2.30 bits per heavy atom. The van der Waals surface area contributed by atoms with Gasteiger partial charge in [0.15, 0.2) is 5.84 Å². The molecule has 1 aromatic heterocycles. The van der Waals surface area contributed by atoms with Crippen molar-refractivity contribution in [3.8, 4) is 0 Å². The number of imidazole rings is 1. The highest BCUT2D eigenvalue weighted by molar-refractivity contribution is 6.31. The molecule has 1 heterocycles. The maximum atomic E-state index is 8.66. The van der Waals surface area contributed by atoms with Crippen LogP contribution in [0.5, 0.6) is 0 Å². The van der Waals surface area contributed by atoms with Crippen molar-refractivity contribution in [2.24, 2.45) is 10.9 Å². The van der Waals surface area contributed by atoms with Crippen molar-refractivity contribution < 1.29 is 5.21 Å². The maximum absolute atomic E-state index is 8.66. The zero-order valence-electron chi connectivity index (χ0n) is 11.3. The van der Waals surface area contributed by atoms with Gasteiger partial charge in [-0.15, -0.1) is 0 Å². The number of rotatable bonds is 5. The van der Waals surface area contributed by atoms with E-state index in [4.69, 9.17) is 22.5 Å². The molecule has 2 rings (SSSR count). The molecule has 5 nitrogen and oxygen atoms in total. The molecule has 0 unspecified atom stereocenters. The second kappa shape index (κ2) is 6.43. The van der Waals surface area contributed by atoms with E-state index >= 15 is 0 Å². The minimum atomic E-state index is 0.0488. The van der Waals surface area contributed by atoms with E-state index in [-0.39, 0.29) is 5.84 Å². The van der Waals surface area contributed by atoms with Crippen LogP contribution in [0.1, 0.15) is 30.3 Å². The van der Waals surface area contributed by atoms with Gasteiger partial charge in [0.25, 0.3) is 0 Å². The Bertz CT molecular complexity index is 621. The number of amidine groups is 1. The van der Waals surface area contributed by atoms with Crippen LogP contribution in [-0.2, 0) is 13.0 Å². The lowest BCUT2D eigenvalue weighted by Crippen LogP contribution is -2.13. The summed E-state index contributed by atoms with van der Waals surface area (Å²) >= 11 is 6.25. The lowest BCUT2D eigenvalue weighted by molar-refractivity contribution is 0.318. The van der Waals surface area contributed by atoms with Crippen LogP contribution in [0.3, 0.4) is 0 Å². The molecule has 0 aliphatic carbocycles. The fraction of sp³-hybridized carbons (Fsp3) is 0.286. The Morgan fingerprint density at radius 1 is 1.50 bits per heavy atom. The summed E-state index contributed by atoms with van der Waals surface area (Å²) in [4.78, 5) is 4.34. The van der Waals surface area contributed by atoms with Crippen molar-refractivity contribution in [3.05, 3.63) is 52.6 Å². The molecule has 3 N–H and O–H groups in total. The molecule has 2 aromatic rings. The van der Waals surface area contributed by atoms with E-state index in [2.05, 4.69) is 21.6 Å². The highest BCUT2D eigenvalue weighted by Gasteiger charge is 2.08. The van der Waals surface area contributed by atoms with Crippen LogP contribution in [0, 0.1) is 0 Å². The third kappa shape index (κ3) is 3.11. The van der Waals surface area contributed by atoms with Crippen LogP contribution in [0.2, 0.25) is 5.02 Å². The number of nitrogens with two attached hydrogens (primary N) is 1. The van der Waals surface area contributed by atoms with E-state index in [1.807, 2.05) is 12.3 Å². The van der Waals surface area contributed by atoms with Crippen LogP contribution >= 0.6 is 11.6 Å². The number of hydrogen-bond donors (Lipinski definition) is 2. The van der Waals surface area contributed by atoms with Crippen LogP contribution in [-0.4, -0.2) is 20.6 Å². The maximum Gasteiger partial charge on any atom is 0.170 e. The number of nitrogens with zero attached hydrogens (tertiary/aromatic N) is 3. The second-order valence-electron chi connectivity index (χ2n) is 4.51. The Morgan fingerprint density at radius 3 is 2.95 bits per heavy atom.